The average molecular weight is 286 g/mol. The Morgan fingerprint density at radius 2 is 1.75 bits per heavy atom. The molecular formula is C14H19FO5. The van der Waals surface area contributed by atoms with E-state index in [9.17, 15) is 9.18 Å². The van der Waals surface area contributed by atoms with E-state index in [1.54, 1.807) is 13.8 Å². The van der Waals surface area contributed by atoms with E-state index in [-0.39, 0.29) is 23.5 Å². The predicted octanol–water partition coefficient (Wildman–Crippen LogP) is 2.60. The minimum Gasteiger partial charge on any atom is -0.494 e. The van der Waals surface area contributed by atoms with Crippen molar-refractivity contribution in [1.82, 2.24) is 0 Å². The number of methoxy groups -OCH3 is 3. The first-order valence-corrected chi connectivity index (χ1v) is 5.99. The molecule has 5 nitrogen and oxygen atoms in total. The second-order valence-corrected chi connectivity index (χ2v) is 4.96. The van der Waals surface area contributed by atoms with Crippen LogP contribution < -0.4 is 14.2 Å². The lowest BCUT2D eigenvalue weighted by Crippen LogP contribution is -2.24. The van der Waals surface area contributed by atoms with Crippen LogP contribution >= 0.6 is 0 Å². The van der Waals surface area contributed by atoms with Gasteiger partial charge in [0.15, 0.2) is 23.1 Å². The number of rotatable bonds is 6. The number of halogens is 1. The normalized spacial score (nSPS) is 11.1. The molecule has 0 aromatic heterocycles. The average Bonchev–Trinajstić information content (AvgIpc) is 2.35. The van der Waals surface area contributed by atoms with E-state index < -0.39 is 17.2 Å². The fourth-order valence-electron chi connectivity index (χ4n) is 2.17. The first kappa shape index (κ1) is 16.1. The van der Waals surface area contributed by atoms with Gasteiger partial charge in [0.25, 0.3) is 0 Å². The van der Waals surface area contributed by atoms with E-state index >= 15 is 0 Å². The van der Waals surface area contributed by atoms with Crippen LogP contribution in [0.4, 0.5) is 4.39 Å². The summed E-state index contributed by atoms with van der Waals surface area (Å²) in [4.78, 5) is 11.0. The highest BCUT2D eigenvalue weighted by molar-refractivity contribution is 5.70. The monoisotopic (exact) mass is 286 g/mol. The molecule has 0 aliphatic heterocycles. The summed E-state index contributed by atoms with van der Waals surface area (Å²) in [6, 6.07) is 1.37. The largest absolute Gasteiger partial charge is 0.494 e. The fraction of sp³-hybridized carbons (Fsp3) is 0.500. The number of aliphatic carboxylic acids is 1. The summed E-state index contributed by atoms with van der Waals surface area (Å²) < 4.78 is 29.9. The molecule has 1 aromatic carbocycles. The maximum Gasteiger partial charge on any atom is 0.304 e. The second-order valence-electron chi connectivity index (χ2n) is 4.96. The Morgan fingerprint density at radius 3 is 2.15 bits per heavy atom. The van der Waals surface area contributed by atoms with Gasteiger partial charge in [-0.05, 0) is 0 Å². The van der Waals surface area contributed by atoms with Crippen LogP contribution in [0.2, 0.25) is 0 Å². The van der Waals surface area contributed by atoms with E-state index in [0.717, 1.165) is 0 Å². The summed E-state index contributed by atoms with van der Waals surface area (Å²) >= 11 is 0. The molecule has 0 spiro atoms. The van der Waals surface area contributed by atoms with Gasteiger partial charge in [-0.2, -0.15) is 0 Å². The summed E-state index contributed by atoms with van der Waals surface area (Å²) in [5, 5.41) is 8.99. The molecule has 0 atom stereocenters. The quantitative estimate of drug-likeness (QED) is 0.870. The van der Waals surface area contributed by atoms with Crippen LogP contribution in [0.5, 0.6) is 17.2 Å². The molecule has 0 unspecified atom stereocenters. The number of benzene rings is 1. The van der Waals surface area contributed by atoms with Crippen LogP contribution in [0.1, 0.15) is 25.8 Å². The molecule has 0 saturated carbocycles. The molecule has 112 valence electrons. The number of hydrogen-bond acceptors (Lipinski definition) is 4. The van der Waals surface area contributed by atoms with Gasteiger partial charge in [-0.3, -0.25) is 4.79 Å². The van der Waals surface area contributed by atoms with Gasteiger partial charge in [0.05, 0.1) is 27.8 Å². The van der Waals surface area contributed by atoms with Gasteiger partial charge in [-0.1, -0.05) is 13.8 Å². The third kappa shape index (κ3) is 2.95. The van der Waals surface area contributed by atoms with Crippen molar-refractivity contribution < 1.29 is 28.5 Å². The third-order valence-electron chi connectivity index (χ3n) is 3.06. The van der Waals surface area contributed by atoms with Crippen LogP contribution in [-0.4, -0.2) is 32.4 Å². The van der Waals surface area contributed by atoms with Gasteiger partial charge in [0.2, 0.25) is 0 Å². The van der Waals surface area contributed by atoms with Gasteiger partial charge in [0.1, 0.15) is 0 Å². The lowest BCUT2D eigenvalue weighted by Gasteiger charge is -2.27. The van der Waals surface area contributed by atoms with Crippen LogP contribution in [-0.2, 0) is 10.2 Å². The molecule has 0 fully saturated rings. The molecule has 1 aromatic rings. The van der Waals surface area contributed by atoms with E-state index in [1.807, 2.05) is 0 Å². The Hall–Kier alpha value is -1.98. The molecule has 0 heterocycles. The van der Waals surface area contributed by atoms with E-state index in [0.29, 0.717) is 5.75 Å². The molecule has 0 amide bonds. The van der Waals surface area contributed by atoms with Crippen molar-refractivity contribution in [1.29, 1.82) is 0 Å². The van der Waals surface area contributed by atoms with Crippen molar-refractivity contribution in [3.63, 3.8) is 0 Å². The Kier molecular flexibility index (Phi) is 4.81. The minimum atomic E-state index is -1.03. The van der Waals surface area contributed by atoms with E-state index in [4.69, 9.17) is 19.3 Å². The molecule has 6 heteroatoms. The smallest absolute Gasteiger partial charge is 0.304 e. The van der Waals surface area contributed by atoms with E-state index in [2.05, 4.69) is 0 Å². The summed E-state index contributed by atoms with van der Waals surface area (Å²) in [7, 11) is 4.13. The van der Waals surface area contributed by atoms with Crippen molar-refractivity contribution in [3.8, 4) is 17.2 Å². The molecule has 0 radical (unpaired) electrons. The van der Waals surface area contributed by atoms with Crippen LogP contribution in [0.3, 0.4) is 0 Å². The molecule has 1 rings (SSSR count). The third-order valence-corrected chi connectivity index (χ3v) is 3.06. The van der Waals surface area contributed by atoms with Gasteiger partial charge < -0.3 is 19.3 Å². The Balaban J connectivity index is 3.60. The standard InChI is InChI=1S/C14H19FO5/c1-14(2,7-10(16)17)11-12(15)8(18-3)6-9(19-4)13(11)20-5/h6H,7H2,1-5H3,(H,16,17). The lowest BCUT2D eigenvalue weighted by atomic mass is 9.80. The second kappa shape index (κ2) is 5.98. The topological polar surface area (TPSA) is 65.0 Å². The molecular weight excluding hydrogens is 267 g/mol. The van der Waals surface area contributed by atoms with Crippen LogP contribution in [0, 0.1) is 5.82 Å². The molecule has 20 heavy (non-hydrogen) atoms. The zero-order valence-electron chi connectivity index (χ0n) is 12.2. The number of hydrogen-bond donors (Lipinski definition) is 1. The van der Waals surface area contributed by atoms with Gasteiger partial charge >= 0.3 is 5.97 Å². The van der Waals surface area contributed by atoms with Gasteiger partial charge in [0, 0.05) is 17.0 Å². The van der Waals surface area contributed by atoms with Crippen LogP contribution in [0.15, 0.2) is 6.07 Å². The molecule has 1 N–H and O–H groups in total. The van der Waals surface area contributed by atoms with Crippen molar-refractivity contribution in [2.45, 2.75) is 25.7 Å². The first-order chi connectivity index (χ1) is 9.28. The van der Waals surface area contributed by atoms with Crippen molar-refractivity contribution in [3.05, 3.63) is 17.4 Å². The molecule has 0 bridgehead atoms. The molecule has 0 aliphatic rings. The van der Waals surface area contributed by atoms with Crippen molar-refractivity contribution in [2.75, 3.05) is 21.3 Å². The highest BCUT2D eigenvalue weighted by Gasteiger charge is 2.34. The summed E-state index contributed by atoms with van der Waals surface area (Å²) in [6.45, 7) is 3.25. The van der Waals surface area contributed by atoms with Crippen molar-refractivity contribution in [2.24, 2.45) is 0 Å². The zero-order chi connectivity index (χ0) is 15.5. The Bertz CT molecular complexity index is 511. The number of carbonyl (C=O) groups is 1. The number of carboxylic acid groups (broad SMARTS) is 1. The summed E-state index contributed by atoms with van der Waals surface area (Å²) in [5.41, 5.74) is -0.859. The highest BCUT2D eigenvalue weighted by atomic mass is 19.1. The first-order valence-electron chi connectivity index (χ1n) is 5.99. The number of carboxylic acids is 1. The minimum absolute atomic E-state index is 0.0175. The predicted molar refractivity (Wildman–Crippen MR) is 71.3 cm³/mol. The number of ether oxygens (including phenoxy) is 3. The summed E-state index contributed by atoms with van der Waals surface area (Å²) in [6.07, 6.45) is -0.253. The maximum atomic E-state index is 14.5. The highest BCUT2D eigenvalue weighted by Crippen LogP contribution is 2.45. The summed E-state index contributed by atoms with van der Waals surface area (Å²) in [5.74, 6) is -1.22. The zero-order valence-corrected chi connectivity index (χ0v) is 12.2. The Morgan fingerprint density at radius 1 is 1.20 bits per heavy atom. The molecule has 0 saturated heterocycles. The maximum absolute atomic E-state index is 14.5. The van der Waals surface area contributed by atoms with Gasteiger partial charge in [-0.15, -0.1) is 0 Å². The Labute approximate surface area is 117 Å². The van der Waals surface area contributed by atoms with E-state index in [1.165, 1.54) is 27.4 Å². The van der Waals surface area contributed by atoms with Crippen molar-refractivity contribution >= 4 is 5.97 Å². The molecule has 0 aliphatic carbocycles. The van der Waals surface area contributed by atoms with Crippen LogP contribution in [0.25, 0.3) is 0 Å². The SMILES string of the molecule is COc1cc(OC)c(OC)c(C(C)(C)CC(=O)O)c1F. The lowest BCUT2D eigenvalue weighted by molar-refractivity contribution is -0.138. The fourth-order valence-corrected chi connectivity index (χ4v) is 2.17. The van der Waals surface area contributed by atoms with Gasteiger partial charge in [-0.25, -0.2) is 4.39 Å².